The Balaban J connectivity index is 2.14. The molecule has 0 saturated heterocycles. The van der Waals surface area contributed by atoms with E-state index in [1.807, 2.05) is 6.07 Å². The van der Waals surface area contributed by atoms with Crippen molar-refractivity contribution < 1.29 is 4.79 Å². The number of hydrogen-bond acceptors (Lipinski definition) is 2. The van der Waals surface area contributed by atoms with Crippen LogP contribution in [0.1, 0.15) is 68.0 Å². The molecule has 0 spiro atoms. The van der Waals surface area contributed by atoms with Crippen molar-refractivity contribution >= 4 is 49.0 Å². The lowest BCUT2D eigenvalue weighted by molar-refractivity contribution is 0.0983. The lowest BCUT2D eigenvalue weighted by atomic mass is 10.1. The van der Waals surface area contributed by atoms with Gasteiger partial charge in [0, 0.05) is 10.9 Å². The molecule has 0 bridgehead atoms. The molecule has 1 nitrogen and oxygen atoms in total. The first-order valence-corrected chi connectivity index (χ1v) is 9.03. The zero-order valence-corrected chi connectivity index (χ0v) is 14.8. The number of unbranched alkanes of at least 4 members (excludes halogenated alkanes) is 6. The number of carbonyl (C=O) groups is 1. The van der Waals surface area contributed by atoms with Crippen LogP contribution in [0.25, 0.3) is 0 Å². The molecule has 0 saturated carbocycles. The average molecular weight is 396 g/mol. The van der Waals surface area contributed by atoms with Gasteiger partial charge in [0.1, 0.15) is 0 Å². The van der Waals surface area contributed by atoms with Crippen LogP contribution in [-0.4, -0.2) is 5.78 Å². The van der Waals surface area contributed by atoms with Gasteiger partial charge in [0.25, 0.3) is 0 Å². The van der Waals surface area contributed by atoms with E-state index in [9.17, 15) is 4.79 Å². The summed E-state index contributed by atoms with van der Waals surface area (Å²) in [5.74, 6) is 0.278. The highest BCUT2D eigenvalue weighted by molar-refractivity contribution is 9.13. The molecule has 1 aromatic rings. The summed E-state index contributed by atoms with van der Waals surface area (Å²) in [7, 11) is 0. The number of halogens is 2. The Morgan fingerprint density at radius 1 is 1.11 bits per heavy atom. The van der Waals surface area contributed by atoms with Crippen LogP contribution < -0.4 is 0 Å². The van der Waals surface area contributed by atoms with E-state index in [0.717, 1.165) is 19.6 Å². The van der Waals surface area contributed by atoms with Crippen molar-refractivity contribution in [3.05, 3.63) is 19.2 Å². The third-order valence-corrected chi connectivity index (χ3v) is 6.22. The Morgan fingerprint density at radius 2 is 1.72 bits per heavy atom. The van der Waals surface area contributed by atoms with Gasteiger partial charge in [-0.3, -0.25) is 4.79 Å². The predicted molar refractivity (Wildman–Crippen MR) is 86.7 cm³/mol. The highest BCUT2D eigenvalue weighted by Crippen LogP contribution is 2.33. The van der Waals surface area contributed by atoms with Crippen LogP contribution in [0.3, 0.4) is 0 Å². The maximum Gasteiger partial charge on any atom is 0.172 e. The minimum Gasteiger partial charge on any atom is -0.293 e. The summed E-state index contributed by atoms with van der Waals surface area (Å²) in [6, 6.07) is 1.92. The smallest absolute Gasteiger partial charge is 0.172 e. The summed E-state index contributed by atoms with van der Waals surface area (Å²) in [5, 5.41) is 0. The molecule has 0 atom stereocenters. The predicted octanol–water partition coefficient (Wildman–Crippen LogP) is 6.60. The zero-order valence-electron chi connectivity index (χ0n) is 10.8. The molecule has 0 aliphatic rings. The van der Waals surface area contributed by atoms with E-state index in [4.69, 9.17) is 0 Å². The summed E-state index contributed by atoms with van der Waals surface area (Å²) >= 11 is 8.35. The standard InChI is InChI=1S/C14H20Br2OS/c1-2-3-4-5-6-7-8-9-12(17)13-10-11(15)14(16)18-13/h10H,2-9H2,1H3. The van der Waals surface area contributed by atoms with Gasteiger partial charge in [-0.05, 0) is 44.3 Å². The van der Waals surface area contributed by atoms with Crippen molar-refractivity contribution in [3.63, 3.8) is 0 Å². The largest absolute Gasteiger partial charge is 0.293 e. The second-order valence-electron chi connectivity index (χ2n) is 4.53. The van der Waals surface area contributed by atoms with Crippen LogP contribution in [0.15, 0.2) is 14.3 Å². The molecule has 0 fully saturated rings. The van der Waals surface area contributed by atoms with Crippen LogP contribution in [0.2, 0.25) is 0 Å². The Morgan fingerprint density at radius 3 is 2.28 bits per heavy atom. The van der Waals surface area contributed by atoms with Gasteiger partial charge in [-0.15, -0.1) is 11.3 Å². The molecule has 1 aromatic heterocycles. The van der Waals surface area contributed by atoms with E-state index < -0.39 is 0 Å². The molecule has 102 valence electrons. The molecular weight excluding hydrogens is 376 g/mol. The van der Waals surface area contributed by atoms with E-state index in [1.165, 1.54) is 49.9 Å². The fraction of sp³-hybridized carbons (Fsp3) is 0.643. The van der Waals surface area contributed by atoms with Crippen molar-refractivity contribution in [2.24, 2.45) is 0 Å². The Labute approximate surface area is 131 Å². The quantitative estimate of drug-likeness (QED) is 0.340. The van der Waals surface area contributed by atoms with Gasteiger partial charge in [-0.1, -0.05) is 45.4 Å². The van der Waals surface area contributed by atoms with Crippen LogP contribution in [0.5, 0.6) is 0 Å². The zero-order chi connectivity index (χ0) is 13.4. The van der Waals surface area contributed by atoms with Gasteiger partial charge in [0.2, 0.25) is 0 Å². The fourth-order valence-corrected chi connectivity index (χ4v) is 3.85. The maximum absolute atomic E-state index is 11.9. The van der Waals surface area contributed by atoms with Gasteiger partial charge in [-0.2, -0.15) is 0 Å². The minimum atomic E-state index is 0.278. The summed E-state index contributed by atoms with van der Waals surface area (Å²) in [5.41, 5.74) is 0. The molecule has 1 rings (SSSR count). The van der Waals surface area contributed by atoms with Crippen molar-refractivity contribution in [3.8, 4) is 0 Å². The minimum absolute atomic E-state index is 0.278. The number of carbonyl (C=O) groups excluding carboxylic acids is 1. The second kappa shape index (κ2) is 9.27. The molecule has 0 aliphatic heterocycles. The van der Waals surface area contributed by atoms with Crippen molar-refractivity contribution in [2.45, 2.75) is 58.3 Å². The van der Waals surface area contributed by atoms with Crippen molar-refractivity contribution in [1.29, 1.82) is 0 Å². The highest BCUT2D eigenvalue weighted by Gasteiger charge is 2.11. The highest BCUT2D eigenvalue weighted by atomic mass is 79.9. The molecule has 0 amide bonds. The van der Waals surface area contributed by atoms with E-state index >= 15 is 0 Å². The monoisotopic (exact) mass is 394 g/mol. The first-order valence-electron chi connectivity index (χ1n) is 6.63. The number of Topliss-reactive ketones (excluding diaryl/α,β-unsaturated/α-hetero) is 1. The Kier molecular flexibility index (Phi) is 8.44. The molecule has 0 aromatic carbocycles. The molecule has 1 heterocycles. The molecule has 0 radical (unpaired) electrons. The Hall–Kier alpha value is 0.330. The third-order valence-electron chi connectivity index (χ3n) is 2.93. The molecule has 0 aliphatic carbocycles. The van der Waals surface area contributed by atoms with Gasteiger partial charge in [0.05, 0.1) is 8.66 Å². The van der Waals surface area contributed by atoms with Crippen molar-refractivity contribution in [1.82, 2.24) is 0 Å². The summed E-state index contributed by atoms with van der Waals surface area (Å²) in [4.78, 5) is 12.8. The van der Waals surface area contributed by atoms with Gasteiger partial charge in [-0.25, -0.2) is 0 Å². The number of thiophene rings is 1. The molecule has 4 heteroatoms. The number of ketones is 1. The molecule has 0 unspecified atom stereocenters. The van der Waals surface area contributed by atoms with Gasteiger partial charge in [0.15, 0.2) is 5.78 Å². The first kappa shape index (κ1) is 16.4. The Bertz CT molecular complexity index is 354. The van der Waals surface area contributed by atoms with Crippen molar-refractivity contribution in [2.75, 3.05) is 0 Å². The SMILES string of the molecule is CCCCCCCCCC(=O)c1cc(Br)c(Br)s1. The third kappa shape index (κ3) is 5.98. The van der Waals surface area contributed by atoms with Crippen LogP contribution in [0.4, 0.5) is 0 Å². The van der Waals surface area contributed by atoms with E-state index in [-0.39, 0.29) is 5.78 Å². The van der Waals surface area contributed by atoms with E-state index in [0.29, 0.717) is 6.42 Å². The molecule has 0 N–H and O–H groups in total. The first-order chi connectivity index (χ1) is 8.65. The normalized spacial score (nSPS) is 10.8. The second-order valence-corrected chi connectivity index (χ2v) is 7.75. The summed E-state index contributed by atoms with van der Waals surface area (Å²) in [6.45, 7) is 2.23. The summed E-state index contributed by atoms with van der Waals surface area (Å²) < 4.78 is 1.99. The van der Waals surface area contributed by atoms with Crippen LogP contribution in [-0.2, 0) is 0 Å². The van der Waals surface area contributed by atoms with E-state index in [2.05, 4.69) is 38.8 Å². The maximum atomic E-state index is 11.9. The van der Waals surface area contributed by atoms with Crippen LogP contribution >= 0.6 is 43.2 Å². The lowest BCUT2D eigenvalue weighted by Crippen LogP contribution is -1.95. The van der Waals surface area contributed by atoms with E-state index in [1.54, 1.807) is 0 Å². The number of rotatable bonds is 9. The lowest BCUT2D eigenvalue weighted by Gasteiger charge is -2.00. The molecule has 18 heavy (non-hydrogen) atoms. The fourth-order valence-electron chi connectivity index (χ4n) is 1.85. The van der Waals surface area contributed by atoms with Crippen LogP contribution in [0, 0.1) is 0 Å². The average Bonchev–Trinajstić information content (AvgIpc) is 2.68. The summed E-state index contributed by atoms with van der Waals surface area (Å²) in [6.07, 6.45) is 9.46. The molecular formula is C14H20Br2OS. The topological polar surface area (TPSA) is 17.1 Å². The van der Waals surface area contributed by atoms with Gasteiger partial charge < -0.3 is 0 Å². The number of hydrogen-bond donors (Lipinski definition) is 0. The van der Waals surface area contributed by atoms with Gasteiger partial charge >= 0.3 is 0 Å².